The summed E-state index contributed by atoms with van der Waals surface area (Å²) in [5.74, 6) is 0.356. The van der Waals surface area contributed by atoms with Crippen molar-refractivity contribution in [2.24, 2.45) is 5.41 Å². The lowest BCUT2D eigenvalue weighted by Crippen LogP contribution is -2.30. The maximum atomic E-state index is 11.8. The number of phenols is 1. The fraction of sp³-hybridized carbons (Fsp3) is 0.417. The summed E-state index contributed by atoms with van der Waals surface area (Å²) in [5, 5.41) is 12.3. The molecule has 0 bridgehead atoms. The van der Waals surface area contributed by atoms with E-state index in [1.165, 1.54) is 18.2 Å². The van der Waals surface area contributed by atoms with Crippen LogP contribution in [-0.4, -0.2) is 23.4 Å². The molecule has 0 aromatic heterocycles. The minimum absolute atomic E-state index is 0.0253. The van der Waals surface area contributed by atoms with E-state index in [1.807, 2.05) is 0 Å². The Hall–Kier alpha value is -0.930. The first-order valence-electron chi connectivity index (χ1n) is 5.39. The average Bonchev–Trinajstić information content (AvgIpc) is 3.10. The Morgan fingerprint density at radius 1 is 1.47 bits per heavy atom. The van der Waals surface area contributed by atoms with Gasteiger partial charge in [-0.2, -0.15) is 0 Å². The molecule has 5 heteroatoms. The molecule has 0 saturated heterocycles. The van der Waals surface area contributed by atoms with Crippen LogP contribution < -0.4 is 5.32 Å². The first kappa shape index (κ1) is 12.5. The Morgan fingerprint density at radius 2 is 2.18 bits per heavy atom. The Morgan fingerprint density at radius 3 is 2.71 bits per heavy atom. The molecule has 0 atom stereocenters. The highest BCUT2D eigenvalue weighted by Crippen LogP contribution is 2.45. The molecule has 0 spiro atoms. The Kier molecular flexibility index (Phi) is 3.50. The number of phenolic OH excluding ortho intramolecular Hbond substituents is 1. The molecule has 17 heavy (non-hydrogen) atoms. The molecule has 1 aliphatic carbocycles. The molecular formula is C12H13Cl2NO2. The zero-order valence-electron chi connectivity index (χ0n) is 9.17. The van der Waals surface area contributed by atoms with Gasteiger partial charge in [0, 0.05) is 23.4 Å². The van der Waals surface area contributed by atoms with Gasteiger partial charge < -0.3 is 10.4 Å². The van der Waals surface area contributed by atoms with E-state index in [0.29, 0.717) is 18.0 Å². The third-order valence-corrected chi connectivity index (χ3v) is 3.94. The molecule has 1 aliphatic rings. The van der Waals surface area contributed by atoms with Crippen molar-refractivity contribution in [3.8, 4) is 5.75 Å². The average molecular weight is 274 g/mol. The van der Waals surface area contributed by atoms with E-state index >= 15 is 0 Å². The highest BCUT2D eigenvalue weighted by atomic mass is 35.5. The summed E-state index contributed by atoms with van der Waals surface area (Å²) in [7, 11) is 0. The second kappa shape index (κ2) is 4.75. The van der Waals surface area contributed by atoms with Crippen molar-refractivity contribution in [2.75, 3.05) is 12.4 Å². The Labute approximate surface area is 110 Å². The fourth-order valence-corrected chi connectivity index (χ4v) is 2.09. The molecule has 3 nitrogen and oxygen atoms in total. The molecule has 1 amide bonds. The van der Waals surface area contributed by atoms with E-state index < -0.39 is 0 Å². The van der Waals surface area contributed by atoms with Crippen LogP contribution in [0.15, 0.2) is 18.2 Å². The van der Waals surface area contributed by atoms with Gasteiger partial charge in [-0.25, -0.2) is 0 Å². The number of aromatic hydroxyl groups is 1. The lowest BCUT2D eigenvalue weighted by Gasteiger charge is -2.12. The van der Waals surface area contributed by atoms with Gasteiger partial charge in [-0.15, -0.1) is 11.6 Å². The molecule has 2 rings (SSSR count). The van der Waals surface area contributed by atoms with Crippen LogP contribution in [0, 0.1) is 5.41 Å². The number of alkyl halides is 1. The number of amides is 1. The lowest BCUT2D eigenvalue weighted by atomic mass is 10.1. The molecule has 0 unspecified atom stereocenters. The monoisotopic (exact) mass is 273 g/mol. The van der Waals surface area contributed by atoms with Crippen LogP contribution in [-0.2, 0) is 0 Å². The summed E-state index contributed by atoms with van der Waals surface area (Å²) in [6.45, 7) is 0.591. The van der Waals surface area contributed by atoms with Gasteiger partial charge >= 0.3 is 0 Å². The van der Waals surface area contributed by atoms with Crippen LogP contribution in [0.4, 0.5) is 0 Å². The third-order valence-electron chi connectivity index (χ3n) is 3.07. The summed E-state index contributed by atoms with van der Waals surface area (Å²) >= 11 is 11.6. The normalized spacial score (nSPS) is 16.6. The van der Waals surface area contributed by atoms with Gasteiger partial charge in [0.15, 0.2) is 0 Å². The highest BCUT2D eigenvalue weighted by Gasteiger charge is 2.41. The molecule has 1 saturated carbocycles. The van der Waals surface area contributed by atoms with Gasteiger partial charge in [0.25, 0.3) is 5.91 Å². The van der Waals surface area contributed by atoms with Crippen LogP contribution in [0.1, 0.15) is 23.2 Å². The maximum Gasteiger partial charge on any atom is 0.251 e. The second-order valence-electron chi connectivity index (χ2n) is 4.48. The van der Waals surface area contributed by atoms with Crippen molar-refractivity contribution >= 4 is 29.1 Å². The van der Waals surface area contributed by atoms with Crippen LogP contribution in [0.3, 0.4) is 0 Å². The summed E-state index contributed by atoms with van der Waals surface area (Å²) in [6.07, 6.45) is 2.13. The van der Waals surface area contributed by atoms with Gasteiger partial charge in [0.05, 0.1) is 5.02 Å². The van der Waals surface area contributed by atoms with E-state index in [4.69, 9.17) is 23.2 Å². The van der Waals surface area contributed by atoms with Crippen molar-refractivity contribution < 1.29 is 9.90 Å². The lowest BCUT2D eigenvalue weighted by molar-refractivity contribution is 0.0946. The Bertz CT molecular complexity index is 444. The minimum atomic E-state index is -0.191. The van der Waals surface area contributed by atoms with Crippen LogP contribution in [0.25, 0.3) is 0 Å². The minimum Gasteiger partial charge on any atom is -0.506 e. The topological polar surface area (TPSA) is 49.3 Å². The maximum absolute atomic E-state index is 11.8. The summed E-state index contributed by atoms with van der Waals surface area (Å²) in [5.41, 5.74) is 0.538. The van der Waals surface area contributed by atoms with Crippen LogP contribution in [0.5, 0.6) is 5.75 Å². The number of carbonyl (C=O) groups is 1. The SMILES string of the molecule is O=C(NCC1(CCl)CC1)c1ccc(O)c(Cl)c1. The van der Waals surface area contributed by atoms with Crippen molar-refractivity contribution in [3.63, 3.8) is 0 Å². The Balaban J connectivity index is 1.97. The molecule has 1 aromatic carbocycles. The predicted octanol–water partition coefficient (Wildman–Crippen LogP) is 2.79. The predicted molar refractivity (Wildman–Crippen MR) is 67.8 cm³/mol. The first-order chi connectivity index (χ1) is 8.06. The zero-order valence-corrected chi connectivity index (χ0v) is 10.7. The summed E-state index contributed by atoms with van der Waals surface area (Å²) in [4.78, 5) is 11.8. The van der Waals surface area contributed by atoms with Gasteiger partial charge in [0.1, 0.15) is 5.75 Å². The molecule has 1 aromatic rings. The van der Waals surface area contributed by atoms with Crippen LogP contribution in [0.2, 0.25) is 5.02 Å². The number of rotatable bonds is 4. The number of benzene rings is 1. The van der Waals surface area contributed by atoms with Crippen molar-refractivity contribution in [1.82, 2.24) is 5.32 Å². The zero-order chi connectivity index (χ0) is 12.5. The molecule has 0 aliphatic heterocycles. The van der Waals surface area contributed by atoms with Crippen molar-refractivity contribution in [1.29, 1.82) is 0 Å². The fourth-order valence-electron chi connectivity index (χ4n) is 1.55. The van der Waals surface area contributed by atoms with Crippen molar-refractivity contribution in [2.45, 2.75) is 12.8 Å². The summed E-state index contributed by atoms with van der Waals surface area (Å²) in [6, 6.07) is 4.40. The van der Waals surface area contributed by atoms with Gasteiger partial charge in [-0.3, -0.25) is 4.79 Å². The van der Waals surface area contributed by atoms with Crippen molar-refractivity contribution in [3.05, 3.63) is 28.8 Å². The second-order valence-corrected chi connectivity index (χ2v) is 5.16. The number of carbonyl (C=O) groups excluding carboxylic acids is 1. The van der Waals surface area contributed by atoms with Crippen LogP contribution >= 0.6 is 23.2 Å². The molecule has 2 N–H and O–H groups in total. The standard InChI is InChI=1S/C12H13Cl2NO2/c13-6-12(3-4-12)7-15-11(17)8-1-2-10(16)9(14)5-8/h1-2,5,16H,3-4,6-7H2,(H,15,17). The van der Waals surface area contributed by atoms with E-state index in [2.05, 4.69) is 5.32 Å². The number of hydrogen-bond acceptors (Lipinski definition) is 2. The van der Waals surface area contributed by atoms with Gasteiger partial charge in [-0.05, 0) is 31.0 Å². The third kappa shape index (κ3) is 2.85. The van der Waals surface area contributed by atoms with Gasteiger partial charge in [-0.1, -0.05) is 11.6 Å². The smallest absolute Gasteiger partial charge is 0.251 e. The van der Waals surface area contributed by atoms with E-state index in [0.717, 1.165) is 12.8 Å². The number of hydrogen-bond donors (Lipinski definition) is 2. The number of halogens is 2. The van der Waals surface area contributed by atoms with E-state index in [1.54, 1.807) is 0 Å². The molecule has 92 valence electrons. The molecule has 0 radical (unpaired) electrons. The summed E-state index contributed by atoms with van der Waals surface area (Å²) < 4.78 is 0. The number of nitrogens with one attached hydrogen (secondary N) is 1. The van der Waals surface area contributed by atoms with Gasteiger partial charge in [0.2, 0.25) is 0 Å². The largest absolute Gasteiger partial charge is 0.506 e. The molecule has 0 heterocycles. The molecular weight excluding hydrogens is 261 g/mol. The highest BCUT2D eigenvalue weighted by molar-refractivity contribution is 6.32. The quantitative estimate of drug-likeness (QED) is 0.829. The molecule has 1 fully saturated rings. The van der Waals surface area contributed by atoms with E-state index in [-0.39, 0.29) is 22.1 Å². The first-order valence-corrected chi connectivity index (χ1v) is 6.30. The van der Waals surface area contributed by atoms with E-state index in [9.17, 15) is 9.90 Å².